The van der Waals surface area contributed by atoms with Crippen LogP contribution in [0.15, 0.2) is 42.5 Å². The molecule has 1 saturated heterocycles. The van der Waals surface area contributed by atoms with Crippen molar-refractivity contribution in [2.75, 3.05) is 55.5 Å². The van der Waals surface area contributed by atoms with Crippen LogP contribution in [0, 0.1) is 0 Å². The van der Waals surface area contributed by atoms with Crippen LogP contribution in [0.1, 0.15) is 0 Å². The van der Waals surface area contributed by atoms with Gasteiger partial charge in [-0.3, -0.25) is 4.79 Å². The first kappa shape index (κ1) is 17.0. The highest BCUT2D eigenvalue weighted by molar-refractivity contribution is 5.72. The van der Waals surface area contributed by atoms with Crippen LogP contribution in [0.4, 0.5) is 17.1 Å². The number of carbonyl (C=O) groups is 1. The summed E-state index contributed by atoms with van der Waals surface area (Å²) in [6, 6.07) is 14.0. The largest absolute Gasteiger partial charge is 0.493 e. The molecule has 0 atom stereocenters. The molecule has 6 heteroatoms. The molecule has 1 aliphatic rings. The second-order valence-corrected chi connectivity index (χ2v) is 5.82. The van der Waals surface area contributed by atoms with E-state index in [2.05, 4.69) is 21.2 Å². The summed E-state index contributed by atoms with van der Waals surface area (Å²) in [5, 5.41) is 2.66. The summed E-state index contributed by atoms with van der Waals surface area (Å²) in [4.78, 5) is 15.2. The fraction of sp³-hybridized carbons (Fsp3) is 0.316. The summed E-state index contributed by atoms with van der Waals surface area (Å²) in [5.74, 6) is 1.50. The molecule has 0 spiro atoms. The van der Waals surface area contributed by atoms with Gasteiger partial charge in [-0.1, -0.05) is 0 Å². The van der Waals surface area contributed by atoms with E-state index in [0.717, 1.165) is 49.1 Å². The van der Waals surface area contributed by atoms with Crippen molar-refractivity contribution in [1.29, 1.82) is 0 Å². The summed E-state index contributed by atoms with van der Waals surface area (Å²) in [6.45, 7) is 3.75. The van der Waals surface area contributed by atoms with Crippen molar-refractivity contribution in [3.8, 4) is 11.5 Å². The predicted octanol–water partition coefficient (Wildman–Crippen LogP) is 2.60. The second-order valence-electron chi connectivity index (χ2n) is 5.82. The normalized spacial score (nSPS) is 14.2. The molecule has 2 aromatic carbocycles. The van der Waals surface area contributed by atoms with Gasteiger partial charge in [-0.25, -0.2) is 0 Å². The number of piperazine rings is 1. The standard InChI is InChI=1S/C19H23N3O3/c1-24-18-8-7-17(13-19(18)25-2)22-11-9-21(10-12-22)16-5-3-15(4-6-16)20-14-23/h3-8,13-14H,9-12H2,1-2H3,(H,20,23). The van der Waals surface area contributed by atoms with Crippen LogP contribution in [0.3, 0.4) is 0 Å². The molecule has 1 N–H and O–H groups in total. The highest BCUT2D eigenvalue weighted by Crippen LogP contribution is 2.32. The summed E-state index contributed by atoms with van der Waals surface area (Å²) < 4.78 is 10.7. The van der Waals surface area contributed by atoms with Crippen LogP contribution >= 0.6 is 0 Å². The number of nitrogens with one attached hydrogen (secondary N) is 1. The highest BCUT2D eigenvalue weighted by atomic mass is 16.5. The van der Waals surface area contributed by atoms with Crippen LogP contribution in [-0.4, -0.2) is 46.8 Å². The van der Waals surface area contributed by atoms with Crippen molar-refractivity contribution in [3.63, 3.8) is 0 Å². The zero-order valence-electron chi connectivity index (χ0n) is 14.6. The first-order chi connectivity index (χ1) is 12.2. The zero-order valence-corrected chi connectivity index (χ0v) is 14.6. The van der Waals surface area contributed by atoms with E-state index in [9.17, 15) is 4.79 Å². The van der Waals surface area contributed by atoms with Crippen molar-refractivity contribution in [2.24, 2.45) is 0 Å². The molecule has 1 fully saturated rings. The monoisotopic (exact) mass is 341 g/mol. The van der Waals surface area contributed by atoms with Crippen molar-refractivity contribution >= 4 is 23.5 Å². The molecule has 0 aromatic heterocycles. The minimum absolute atomic E-state index is 0.691. The van der Waals surface area contributed by atoms with Crippen LogP contribution in [0.25, 0.3) is 0 Å². The van der Waals surface area contributed by atoms with Crippen molar-refractivity contribution in [1.82, 2.24) is 0 Å². The van der Waals surface area contributed by atoms with Gasteiger partial charge in [0.1, 0.15) is 0 Å². The predicted molar refractivity (Wildman–Crippen MR) is 100 cm³/mol. The number of carbonyl (C=O) groups excluding carboxylic acids is 1. The van der Waals surface area contributed by atoms with E-state index in [0.29, 0.717) is 6.41 Å². The molecule has 25 heavy (non-hydrogen) atoms. The van der Waals surface area contributed by atoms with Crippen molar-refractivity contribution in [3.05, 3.63) is 42.5 Å². The van der Waals surface area contributed by atoms with Crippen LogP contribution in [-0.2, 0) is 4.79 Å². The third-order valence-electron chi connectivity index (χ3n) is 4.47. The average Bonchev–Trinajstić information content (AvgIpc) is 2.68. The lowest BCUT2D eigenvalue weighted by molar-refractivity contribution is -0.105. The minimum atomic E-state index is 0.691. The third kappa shape index (κ3) is 3.79. The summed E-state index contributed by atoms with van der Waals surface area (Å²) in [5.41, 5.74) is 3.12. The molecule has 0 aliphatic carbocycles. The Bertz CT molecular complexity index is 710. The molecular weight excluding hydrogens is 318 g/mol. The summed E-state index contributed by atoms with van der Waals surface area (Å²) >= 11 is 0. The minimum Gasteiger partial charge on any atom is -0.493 e. The molecule has 1 amide bonds. The summed E-state index contributed by atoms with van der Waals surface area (Å²) in [7, 11) is 3.30. The van der Waals surface area contributed by atoms with E-state index >= 15 is 0 Å². The molecule has 2 aromatic rings. The van der Waals surface area contributed by atoms with Crippen molar-refractivity contribution in [2.45, 2.75) is 0 Å². The lowest BCUT2D eigenvalue weighted by atomic mass is 10.2. The van der Waals surface area contributed by atoms with Crippen LogP contribution in [0.2, 0.25) is 0 Å². The average molecular weight is 341 g/mol. The molecule has 0 bridgehead atoms. The van der Waals surface area contributed by atoms with Gasteiger partial charge in [-0.2, -0.15) is 0 Å². The maximum Gasteiger partial charge on any atom is 0.211 e. The van der Waals surface area contributed by atoms with Crippen molar-refractivity contribution < 1.29 is 14.3 Å². The van der Waals surface area contributed by atoms with Gasteiger partial charge in [0.15, 0.2) is 11.5 Å². The molecule has 0 unspecified atom stereocenters. The number of ether oxygens (including phenoxy) is 2. The number of anilines is 3. The summed E-state index contributed by atoms with van der Waals surface area (Å²) in [6.07, 6.45) is 0.691. The lowest BCUT2D eigenvalue weighted by Gasteiger charge is -2.37. The molecule has 6 nitrogen and oxygen atoms in total. The van der Waals surface area contributed by atoms with Gasteiger partial charge in [-0.15, -0.1) is 0 Å². The number of rotatable bonds is 6. The van der Waals surface area contributed by atoms with E-state index in [1.165, 1.54) is 5.69 Å². The Hall–Kier alpha value is -2.89. The molecular formula is C19H23N3O3. The number of methoxy groups -OCH3 is 2. The van der Waals surface area contributed by atoms with Gasteiger partial charge in [0.05, 0.1) is 14.2 Å². The number of hydrogen-bond donors (Lipinski definition) is 1. The maximum atomic E-state index is 10.5. The Morgan fingerprint density at radius 2 is 1.40 bits per heavy atom. The van der Waals surface area contributed by atoms with Gasteiger partial charge >= 0.3 is 0 Å². The molecule has 1 heterocycles. The molecule has 1 aliphatic heterocycles. The fourth-order valence-electron chi connectivity index (χ4n) is 3.08. The first-order valence-electron chi connectivity index (χ1n) is 8.27. The SMILES string of the molecule is COc1ccc(N2CCN(c3ccc(NC=O)cc3)CC2)cc1OC. The number of benzene rings is 2. The number of amides is 1. The van der Waals surface area contributed by atoms with Gasteiger partial charge in [0.2, 0.25) is 6.41 Å². The van der Waals surface area contributed by atoms with Crippen LogP contribution < -0.4 is 24.6 Å². The quantitative estimate of drug-likeness (QED) is 0.819. The molecule has 132 valence electrons. The van der Waals surface area contributed by atoms with E-state index < -0.39 is 0 Å². The van der Waals surface area contributed by atoms with E-state index in [1.807, 2.05) is 36.4 Å². The second kappa shape index (κ2) is 7.79. The first-order valence-corrected chi connectivity index (χ1v) is 8.27. The molecule has 3 rings (SSSR count). The highest BCUT2D eigenvalue weighted by Gasteiger charge is 2.18. The van der Waals surface area contributed by atoms with E-state index in [4.69, 9.17) is 9.47 Å². The topological polar surface area (TPSA) is 54.0 Å². The third-order valence-corrected chi connectivity index (χ3v) is 4.47. The molecule has 0 saturated carbocycles. The van der Waals surface area contributed by atoms with E-state index in [1.54, 1.807) is 14.2 Å². The Kier molecular flexibility index (Phi) is 5.28. The van der Waals surface area contributed by atoms with Gasteiger partial charge in [-0.05, 0) is 36.4 Å². The Morgan fingerprint density at radius 3 is 1.96 bits per heavy atom. The fourth-order valence-corrected chi connectivity index (χ4v) is 3.08. The number of nitrogens with zero attached hydrogens (tertiary/aromatic N) is 2. The Labute approximate surface area is 147 Å². The van der Waals surface area contributed by atoms with Gasteiger partial charge in [0, 0.05) is 49.3 Å². The van der Waals surface area contributed by atoms with E-state index in [-0.39, 0.29) is 0 Å². The maximum absolute atomic E-state index is 10.5. The van der Waals surface area contributed by atoms with Gasteiger partial charge < -0.3 is 24.6 Å². The Balaban J connectivity index is 1.64. The lowest BCUT2D eigenvalue weighted by Crippen LogP contribution is -2.46. The van der Waals surface area contributed by atoms with Crippen LogP contribution in [0.5, 0.6) is 11.5 Å². The molecule has 0 radical (unpaired) electrons. The van der Waals surface area contributed by atoms with Gasteiger partial charge in [0.25, 0.3) is 0 Å². The zero-order chi connectivity index (χ0) is 17.6. The Morgan fingerprint density at radius 1 is 0.840 bits per heavy atom. The smallest absolute Gasteiger partial charge is 0.211 e. The number of hydrogen-bond acceptors (Lipinski definition) is 5.